The number of fused-ring (bicyclic) bond motifs is 6. The van der Waals surface area contributed by atoms with Crippen LogP contribution in [0.5, 0.6) is 0 Å². The summed E-state index contributed by atoms with van der Waals surface area (Å²) >= 11 is 0. The van der Waals surface area contributed by atoms with Crippen molar-refractivity contribution in [3.8, 4) is 67.3 Å². The summed E-state index contributed by atoms with van der Waals surface area (Å²) in [5.74, 6) is 0.708. The molecule has 2 heteroatoms. The minimum absolute atomic E-state index is 0.426. The van der Waals surface area contributed by atoms with E-state index in [9.17, 15) is 0 Å². The third-order valence-corrected chi connectivity index (χ3v) is 14.0. The summed E-state index contributed by atoms with van der Waals surface area (Å²) in [6.45, 7) is 0. The Morgan fingerprint density at radius 1 is 0.254 bits per heavy atom. The molecule has 0 saturated carbocycles. The molecule has 13 rings (SSSR count). The van der Waals surface area contributed by atoms with Crippen LogP contribution in [-0.4, -0.2) is 9.97 Å². The van der Waals surface area contributed by atoms with E-state index in [1.54, 1.807) is 0 Å². The number of rotatable bonds is 7. The molecule has 11 aromatic carbocycles. The highest BCUT2D eigenvalue weighted by Crippen LogP contribution is 2.56. The van der Waals surface area contributed by atoms with E-state index < -0.39 is 5.41 Å². The van der Waals surface area contributed by atoms with Gasteiger partial charge in [-0.15, -0.1) is 0 Å². The zero-order valence-electron chi connectivity index (χ0n) is 36.6. The number of hydrogen-bond donors (Lipinski definition) is 0. The van der Waals surface area contributed by atoms with Crippen LogP contribution in [-0.2, 0) is 5.41 Å². The largest absolute Gasteiger partial charge is 0.228 e. The average molecular weight is 851 g/mol. The molecule has 0 spiro atoms. The van der Waals surface area contributed by atoms with E-state index in [-0.39, 0.29) is 0 Å². The van der Waals surface area contributed by atoms with Crippen molar-refractivity contribution in [2.75, 3.05) is 0 Å². The fraction of sp³-hybridized carbons (Fsp3) is 0.0154. The van der Waals surface area contributed by atoms with Crippen molar-refractivity contribution in [1.29, 1.82) is 0 Å². The van der Waals surface area contributed by atoms with E-state index >= 15 is 0 Å². The lowest BCUT2D eigenvalue weighted by atomic mass is 9.67. The van der Waals surface area contributed by atoms with Crippen molar-refractivity contribution in [3.63, 3.8) is 0 Å². The minimum Gasteiger partial charge on any atom is -0.228 e. The van der Waals surface area contributed by atoms with Gasteiger partial charge in [-0.3, -0.25) is 0 Å². The summed E-state index contributed by atoms with van der Waals surface area (Å²) in [7, 11) is 0. The van der Waals surface area contributed by atoms with Crippen LogP contribution in [0, 0.1) is 0 Å². The van der Waals surface area contributed by atoms with Crippen molar-refractivity contribution in [2.24, 2.45) is 0 Å². The summed E-state index contributed by atoms with van der Waals surface area (Å²) in [4.78, 5) is 10.7. The maximum Gasteiger partial charge on any atom is 0.161 e. The molecule has 2 nitrogen and oxygen atoms in total. The molecule has 1 heterocycles. The second-order valence-corrected chi connectivity index (χ2v) is 17.6. The molecule has 0 radical (unpaired) electrons. The molecule has 1 aromatic heterocycles. The third kappa shape index (κ3) is 6.33. The molecule has 0 atom stereocenters. The molecule has 0 N–H and O–H groups in total. The SMILES string of the molecule is c1ccc(C2(c3ccccc3)c3ccccc3-c3cc(-c4cccc(-c5ccc(-c6cc(-c7ccc8ccccc8c7)nc(-c7cccc8ccccc78)n6)c6ccccc56)c4)ccc32)cc1. The Morgan fingerprint density at radius 3 is 1.61 bits per heavy atom. The third-order valence-electron chi connectivity index (χ3n) is 14.0. The van der Waals surface area contributed by atoms with E-state index in [2.05, 4.69) is 255 Å². The Morgan fingerprint density at radius 2 is 0.806 bits per heavy atom. The van der Waals surface area contributed by atoms with Gasteiger partial charge >= 0.3 is 0 Å². The Labute approximate surface area is 390 Å². The highest BCUT2D eigenvalue weighted by molar-refractivity contribution is 6.05. The van der Waals surface area contributed by atoms with Gasteiger partial charge in [0.2, 0.25) is 0 Å². The second-order valence-electron chi connectivity index (χ2n) is 17.6. The predicted octanol–water partition coefficient (Wildman–Crippen LogP) is 16.6. The molecular weight excluding hydrogens is 809 g/mol. The quantitative estimate of drug-likeness (QED) is 0.160. The van der Waals surface area contributed by atoms with Crippen molar-refractivity contribution in [3.05, 3.63) is 277 Å². The first-order chi connectivity index (χ1) is 33.2. The molecule has 0 amide bonds. The van der Waals surface area contributed by atoms with Gasteiger partial charge in [0.1, 0.15) is 0 Å². The van der Waals surface area contributed by atoms with Crippen molar-refractivity contribution >= 4 is 32.3 Å². The van der Waals surface area contributed by atoms with Crippen LogP contribution in [0.2, 0.25) is 0 Å². The van der Waals surface area contributed by atoms with E-state index in [0.717, 1.165) is 44.2 Å². The van der Waals surface area contributed by atoms with Crippen molar-refractivity contribution < 1.29 is 0 Å². The summed E-state index contributed by atoms with van der Waals surface area (Å²) in [5.41, 5.74) is 16.9. The van der Waals surface area contributed by atoms with Crippen LogP contribution in [0.1, 0.15) is 22.3 Å². The van der Waals surface area contributed by atoms with Crippen molar-refractivity contribution in [2.45, 2.75) is 5.41 Å². The Balaban J connectivity index is 0.941. The summed E-state index contributed by atoms with van der Waals surface area (Å²) in [6, 6.07) is 92.6. The summed E-state index contributed by atoms with van der Waals surface area (Å²) in [6.07, 6.45) is 0. The highest BCUT2D eigenvalue weighted by Gasteiger charge is 2.46. The fourth-order valence-corrected chi connectivity index (χ4v) is 10.9. The first-order valence-corrected chi connectivity index (χ1v) is 23.1. The predicted molar refractivity (Wildman–Crippen MR) is 279 cm³/mol. The zero-order valence-corrected chi connectivity index (χ0v) is 36.6. The van der Waals surface area contributed by atoms with Gasteiger partial charge in [-0.25, -0.2) is 9.97 Å². The van der Waals surface area contributed by atoms with Gasteiger partial charge in [0.25, 0.3) is 0 Å². The number of aromatic nitrogens is 2. The number of benzene rings is 11. The van der Waals surface area contributed by atoms with Crippen LogP contribution in [0.25, 0.3) is 99.6 Å². The molecule has 0 fully saturated rings. The average Bonchev–Trinajstić information content (AvgIpc) is 3.71. The lowest BCUT2D eigenvalue weighted by Gasteiger charge is -2.33. The van der Waals surface area contributed by atoms with Crippen LogP contribution in [0.4, 0.5) is 0 Å². The lowest BCUT2D eigenvalue weighted by molar-refractivity contribution is 0.768. The molecule has 67 heavy (non-hydrogen) atoms. The molecule has 0 aliphatic heterocycles. The first kappa shape index (κ1) is 38.7. The Bertz CT molecular complexity index is 3830. The van der Waals surface area contributed by atoms with E-state index in [1.807, 2.05) is 0 Å². The van der Waals surface area contributed by atoms with E-state index in [4.69, 9.17) is 9.97 Å². The standard InChI is InChI=1S/C65H42N2/c1-3-23-50(24-4-1)65(51-25-5-2-6-26-51)60-32-14-13-30-56(60)59-41-47(35-38-61(59)65)46-21-15-22-48(39-46)53-36-37-57(55-29-12-11-28-54(53)55)63-42-62(49-34-33-43-17-7-8-19-45(43)40-49)66-64(67-63)58-31-16-20-44-18-9-10-27-52(44)58/h1-42H. The van der Waals surface area contributed by atoms with Gasteiger partial charge in [0, 0.05) is 16.7 Å². The zero-order chi connectivity index (χ0) is 44.3. The van der Waals surface area contributed by atoms with E-state index in [1.165, 1.54) is 71.8 Å². The highest BCUT2D eigenvalue weighted by atomic mass is 14.9. The fourth-order valence-electron chi connectivity index (χ4n) is 10.9. The smallest absolute Gasteiger partial charge is 0.161 e. The van der Waals surface area contributed by atoms with Gasteiger partial charge in [-0.1, -0.05) is 231 Å². The molecule has 12 aromatic rings. The Kier molecular flexibility index (Phi) is 9.11. The lowest BCUT2D eigenvalue weighted by Crippen LogP contribution is -2.28. The normalized spacial score (nSPS) is 12.6. The molecule has 0 unspecified atom stereocenters. The maximum absolute atomic E-state index is 5.40. The summed E-state index contributed by atoms with van der Waals surface area (Å²) in [5, 5.41) is 7.00. The molecule has 1 aliphatic carbocycles. The van der Waals surface area contributed by atoms with E-state index in [0.29, 0.717) is 5.82 Å². The number of hydrogen-bond acceptors (Lipinski definition) is 2. The number of nitrogens with zero attached hydrogens (tertiary/aromatic N) is 2. The van der Waals surface area contributed by atoms with Crippen molar-refractivity contribution in [1.82, 2.24) is 9.97 Å². The minimum atomic E-state index is -0.426. The topological polar surface area (TPSA) is 25.8 Å². The van der Waals surface area contributed by atoms with Gasteiger partial charge < -0.3 is 0 Å². The van der Waals surface area contributed by atoms with Gasteiger partial charge in [0.05, 0.1) is 16.8 Å². The van der Waals surface area contributed by atoms with Crippen LogP contribution in [0.15, 0.2) is 255 Å². The van der Waals surface area contributed by atoms with Crippen LogP contribution < -0.4 is 0 Å². The molecular formula is C65H42N2. The summed E-state index contributed by atoms with van der Waals surface area (Å²) < 4.78 is 0. The molecule has 312 valence electrons. The van der Waals surface area contributed by atoms with Crippen LogP contribution >= 0.6 is 0 Å². The maximum atomic E-state index is 5.40. The second kappa shape index (κ2) is 15.8. The van der Waals surface area contributed by atoms with Gasteiger partial charge in [-0.2, -0.15) is 0 Å². The monoisotopic (exact) mass is 850 g/mol. The first-order valence-electron chi connectivity index (χ1n) is 23.1. The molecule has 0 saturated heterocycles. The Hall–Kier alpha value is -8.72. The molecule has 0 bridgehead atoms. The van der Waals surface area contributed by atoms with Gasteiger partial charge in [-0.05, 0) is 112 Å². The van der Waals surface area contributed by atoms with Gasteiger partial charge in [0.15, 0.2) is 5.82 Å². The van der Waals surface area contributed by atoms with Crippen LogP contribution in [0.3, 0.4) is 0 Å². The molecule has 1 aliphatic rings.